The van der Waals surface area contributed by atoms with Crippen molar-refractivity contribution in [2.45, 2.75) is 64.8 Å². The van der Waals surface area contributed by atoms with Crippen LogP contribution in [-0.4, -0.2) is 60.5 Å². The van der Waals surface area contributed by atoms with Gasteiger partial charge in [0.2, 0.25) is 11.8 Å². The molecule has 3 unspecified atom stereocenters. The first-order valence-corrected chi connectivity index (χ1v) is 10.1. The zero-order valence-electron chi connectivity index (χ0n) is 19.2. The van der Waals surface area contributed by atoms with Crippen LogP contribution in [0.2, 0.25) is 0 Å². The normalized spacial score (nSPS) is 13.7. The van der Waals surface area contributed by atoms with Crippen molar-refractivity contribution in [3.05, 3.63) is 35.9 Å². The molecule has 1 aromatic carbocycles. The lowest BCUT2D eigenvalue weighted by atomic mass is 10.0. The van der Waals surface area contributed by atoms with Crippen LogP contribution in [0.25, 0.3) is 0 Å². The van der Waals surface area contributed by atoms with Gasteiger partial charge in [-0.3, -0.25) is 14.4 Å². The molecule has 0 bridgehead atoms. The maximum absolute atomic E-state index is 12.8. The van der Waals surface area contributed by atoms with Gasteiger partial charge in [-0.1, -0.05) is 30.3 Å². The summed E-state index contributed by atoms with van der Waals surface area (Å²) in [5, 5.41) is 7.23. The molecule has 0 heterocycles. The van der Waals surface area contributed by atoms with Crippen molar-refractivity contribution in [3.8, 4) is 0 Å². The van der Waals surface area contributed by atoms with Crippen molar-refractivity contribution >= 4 is 29.7 Å². The quantitative estimate of drug-likeness (QED) is 0.382. The molecule has 0 fully saturated rings. The number of Topliss-reactive ketones (excluding diaryl/α,β-unsaturated/α-hetero) is 1. The zero-order valence-corrected chi connectivity index (χ0v) is 19.2. The lowest BCUT2D eigenvalue weighted by Crippen LogP contribution is -2.55. The van der Waals surface area contributed by atoms with Crippen LogP contribution in [0, 0.1) is 0 Å². The molecule has 0 saturated heterocycles. The first-order valence-electron chi connectivity index (χ1n) is 10.1. The van der Waals surface area contributed by atoms with Crippen LogP contribution in [0.3, 0.4) is 0 Å². The number of esters is 1. The third-order valence-electron chi connectivity index (χ3n) is 4.16. The number of hydrogen-bond donors (Lipinski definition) is 3. The van der Waals surface area contributed by atoms with E-state index in [1.807, 2.05) is 0 Å². The average molecular weight is 450 g/mol. The Morgan fingerprint density at radius 3 is 1.97 bits per heavy atom. The van der Waals surface area contributed by atoms with Crippen LogP contribution in [0.1, 0.15) is 51.4 Å². The fraction of sp³-hybridized carbons (Fsp3) is 0.500. The number of rotatable bonds is 9. The second-order valence-corrected chi connectivity index (χ2v) is 8.18. The van der Waals surface area contributed by atoms with E-state index in [2.05, 4.69) is 20.7 Å². The highest BCUT2D eigenvalue weighted by atomic mass is 16.6. The summed E-state index contributed by atoms with van der Waals surface area (Å²) in [6.45, 7) is 7.81. The number of nitrogens with one attached hydrogen (secondary N) is 3. The Balaban J connectivity index is 2.90. The topological polar surface area (TPSA) is 140 Å². The lowest BCUT2D eigenvalue weighted by molar-refractivity contribution is -0.144. The number of carbonyl (C=O) groups excluding carboxylic acids is 5. The van der Waals surface area contributed by atoms with E-state index < -0.39 is 47.6 Å². The van der Waals surface area contributed by atoms with Crippen molar-refractivity contribution in [2.24, 2.45) is 0 Å². The predicted molar refractivity (Wildman–Crippen MR) is 116 cm³/mol. The number of ether oxygens (including phenoxy) is 2. The molecule has 0 aliphatic carbocycles. The van der Waals surface area contributed by atoms with Gasteiger partial charge in [0.1, 0.15) is 23.7 Å². The van der Waals surface area contributed by atoms with Gasteiger partial charge < -0.3 is 25.4 Å². The van der Waals surface area contributed by atoms with Gasteiger partial charge in [0.25, 0.3) is 0 Å². The van der Waals surface area contributed by atoms with E-state index in [0.29, 0.717) is 5.56 Å². The van der Waals surface area contributed by atoms with Crippen molar-refractivity contribution in [1.29, 1.82) is 0 Å². The van der Waals surface area contributed by atoms with Crippen LogP contribution < -0.4 is 16.0 Å². The smallest absolute Gasteiger partial charge is 0.408 e. The van der Waals surface area contributed by atoms with Gasteiger partial charge in [0.15, 0.2) is 5.78 Å². The van der Waals surface area contributed by atoms with Crippen LogP contribution in [0.5, 0.6) is 0 Å². The monoisotopic (exact) mass is 449 g/mol. The fourth-order valence-electron chi connectivity index (χ4n) is 2.54. The van der Waals surface area contributed by atoms with Gasteiger partial charge in [-0.25, -0.2) is 9.59 Å². The predicted octanol–water partition coefficient (Wildman–Crippen LogP) is 1.34. The van der Waals surface area contributed by atoms with Gasteiger partial charge in [0.05, 0.1) is 7.11 Å². The molecule has 0 radical (unpaired) electrons. The molecule has 10 heteroatoms. The molecular formula is C22H31N3O7. The van der Waals surface area contributed by atoms with Crippen molar-refractivity contribution in [1.82, 2.24) is 16.0 Å². The summed E-state index contributed by atoms with van der Waals surface area (Å²) in [4.78, 5) is 61.3. The van der Waals surface area contributed by atoms with E-state index in [1.165, 1.54) is 21.0 Å². The number of alkyl carbamates (subject to hydrolysis) is 1. The molecule has 3 amide bonds. The summed E-state index contributed by atoms with van der Waals surface area (Å²) in [7, 11) is 1.19. The molecule has 3 atom stereocenters. The Morgan fingerprint density at radius 2 is 1.44 bits per heavy atom. The molecule has 3 N–H and O–H groups in total. The Bertz CT molecular complexity index is 834. The number of ketones is 1. The Morgan fingerprint density at radius 1 is 0.875 bits per heavy atom. The SMILES string of the molecule is COC(=O)C(C)NC(=O)C(C)NC(=O)C(CC(=O)c1ccccc1)NC(=O)OC(C)(C)C. The number of amides is 3. The van der Waals surface area contributed by atoms with E-state index in [0.717, 1.165) is 0 Å². The third kappa shape index (κ3) is 9.15. The highest BCUT2D eigenvalue weighted by Gasteiger charge is 2.29. The fourth-order valence-corrected chi connectivity index (χ4v) is 2.54. The van der Waals surface area contributed by atoms with Crippen molar-refractivity contribution in [2.75, 3.05) is 7.11 Å². The highest BCUT2D eigenvalue weighted by Crippen LogP contribution is 2.10. The van der Waals surface area contributed by atoms with Crippen molar-refractivity contribution in [3.63, 3.8) is 0 Å². The van der Waals surface area contributed by atoms with Gasteiger partial charge in [-0.15, -0.1) is 0 Å². The molecule has 1 rings (SSSR count). The van der Waals surface area contributed by atoms with E-state index in [9.17, 15) is 24.0 Å². The highest BCUT2D eigenvalue weighted by molar-refractivity contribution is 6.01. The molecule has 0 aliphatic heterocycles. The number of hydrogen-bond acceptors (Lipinski definition) is 7. The zero-order chi connectivity index (χ0) is 24.5. The first-order chi connectivity index (χ1) is 14.8. The van der Waals surface area contributed by atoms with Crippen LogP contribution in [0.15, 0.2) is 30.3 Å². The summed E-state index contributed by atoms with van der Waals surface area (Å²) in [6, 6.07) is 5.04. The molecule has 1 aromatic rings. The summed E-state index contributed by atoms with van der Waals surface area (Å²) < 4.78 is 9.72. The second-order valence-electron chi connectivity index (χ2n) is 8.18. The molecule has 10 nitrogen and oxygen atoms in total. The van der Waals surface area contributed by atoms with Gasteiger partial charge in [-0.05, 0) is 34.6 Å². The number of carbonyl (C=O) groups is 5. The minimum atomic E-state index is -1.29. The maximum atomic E-state index is 12.8. The second kappa shape index (κ2) is 11.8. The standard InChI is InChI=1S/C22H31N3O7/c1-13(18(27)24-14(2)20(29)31-6)23-19(28)16(25-21(30)32-22(3,4)5)12-17(26)15-10-8-7-9-11-15/h7-11,13-14,16H,12H2,1-6H3,(H,23,28)(H,24,27)(H,25,30). The lowest BCUT2D eigenvalue weighted by Gasteiger charge is -2.24. The average Bonchev–Trinajstić information content (AvgIpc) is 2.71. The van der Waals surface area contributed by atoms with E-state index in [1.54, 1.807) is 51.1 Å². The molecule has 0 aliphatic rings. The molecule has 176 valence electrons. The molecule has 0 spiro atoms. The Labute approximate surface area is 187 Å². The van der Waals surface area contributed by atoms with Gasteiger partial charge >= 0.3 is 12.1 Å². The summed E-state index contributed by atoms with van der Waals surface area (Å²) in [5.74, 6) is -2.41. The molecule has 0 aromatic heterocycles. The largest absolute Gasteiger partial charge is 0.467 e. The van der Waals surface area contributed by atoms with Crippen molar-refractivity contribution < 1.29 is 33.4 Å². The van der Waals surface area contributed by atoms with Crippen LogP contribution in [-0.2, 0) is 23.9 Å². The summed E-state index contributed by atoms with van der Waals surface area (Å²) >= 11 is 0. The summed E-state index contributed by atoms with van der Waals surface area (Å²) in [6.07, 6.45) is -1.22. The van der Waals surface area contributed by atoms with Gasteiger partial charge in [0, 0.05) is 12.0 Å². The van der Waals surface area contributed by atoms with E-state index >= 15 is 0 Å². The first kappa shape index (κ1) is 26.6. The third-order valence-corrected chi connectivity index (χ3v) is 4.16. The van der Waals surface area contributed by atoms with E-state index in [-0.39, 0.29) is 12.2 Å². The van der Waals surface area contributed by atoms with Gasteiger partial charge in [-0.2, -0.15) is 0 Å². The summed E-state index contributed by atoms with van der Waals surface area (Å²) in [5.41, 5.74) is -0.444. The minimum absolute atomic E-state index is 0.345. The molecular weight excluding hydrogens is 418 g/mol. The number of methoxy groups -OCH3 is 1. The maximum Gasteiger partial charge on any atom is 0.408 e. The molecule has 32 heavy (non-hydrogen) atoms. The van der Waals surface area contributed by atoms with E-state index in [4.69, 9.17) is 4.74 Å². The Hall–Kier alpha value is -3.43. The number of benzene rings is 1. The Kier molecular flexibility index (Phi) is 9.83. The van der Waals surface area contributed by atoms with Crippen LogP contribution in [0.4, 0.5) is 4.79 Å². The molecule has 0 saturated carbocycles. The van der Waals surface area contributed by atoms with Crippen LogP contribution >= 0.6 is 0 Å². The minimum Gasteiger partial charge on any atom is -0.467 e.